The number of nitriles is 1. The summed E-state index contributed by atoms with van der Waals surface area (Å²) in [5.74, 6) is -0.435. The maximum absolute atomic E-state index is 14.1. The summed E-state index contributed by atoms with van der Waals surface area (Å²) in [6, 6.07) is 15.2. The normalized spacial score (nSPS) is 11.9. The van der Waals surface area contributed by atoms with E-state index in [2.05, 4.69) is 10.3 Å². The lowest BCUT2D eigenvalue weighted by Crippen LogP contribution is -2.07. The molecule has 3 aromatic rings. The Kier molecular flexibility index (Phi) is 4.09. The predicted molar refractivity (Wildman–Crippen MR) is 92.3 cm³/mol. The van der Waals surface area contributed by atoms with Crippen LogP contribution in [0.15, 0.2) is 48.2 Å². The monoisotopic (exact) mass is 323 g/mol. The second kappa shape index (κ2) is 6.19. The maximum Gasteiger partial charge on any atom is 0.149 e. The van der Waals surface area contributed by atoms with E-state index in [-0.39, 0.29) is 5.69 Å². The van der Waals surface area contributed by atoms with E-state index in [0.717, 1.165) is 15.0 Å². The van der Waals surface area contributed by atoms with Gasteiger partial charge in [-0.1, -0.05) is 18.2 Å². The van der Waals surface area contributed by atoms with Crippen molar-refractivity contribution in [2.24, 2.45) is 0 Å². The van der Waals surface area contributed by atoms with Crippen LogP contribution in [-0.2, 0) is 0 Å². The Balaban J connectivity index is 2.14. The van der Waals surface area contributed by atoms with Gasteiger partial charge in [0.25, 0.3) is 0 Å². The van der Waals surface area contributed by atoms with Crippen LogP contribution in [0.2, 0.25) is 0 Å². The number of benzene rings is 1. The largest absolute Gasteiger partial charge is 0.379 e. The van der Waals surface area contributed by atoms with Crippen molar-refractivity contribution in [1.82, 2.24) is 10.3 Å². The van der Waals surface area contributed by atoms with Gasteiger partial charge in [0.15, 0.2) is 0 Å². The number of halogens is 1. The van der Waals surface area contributed by atoms with Gasteiger partial charge in [-0.2, -0.15) is 5.26 Å². The van der Waals surface area contributed by atoms with Crippen LogP contribution in [0, 0.1) is 17.1 Å². The van der Waals surface area contributed by atoms with E-state index in [1.54, 1.807) is 31.4 Å². The number of nitrogens with one attached hydrogen (secondary N) is 1. The smallest absolute Gasteiger partial charge is 0.149 e. The van der Waals surface area contributed by atoms with E-state index in [9.17, 15) is 4.39 Å². The number of hydrogen-bond acceptors (Lipinski definition) is 4. The van der Waals surface area contributed by atoms with Gasteiger partial charge in [0.2, 0.25) is 0 Å². The highest BCUT2D eigenvalue weighted by molar-refractivity contribution is 7.22. The molecule has 2 heterocycles. The first kappa shape index (κ1) is 15.2. The maximum atomic E-state index is 14.1. The molecule has 0 saturated carbocycles. The van der Waals surface area contributed by atoms with E-state index in [0.29, 0.717) is 17.0 Å². The SMILES string of the molecule is CN/C(C#N)=C(\C)c1nc(-c2cc3ccccc3s2)ccc1F. The van der Waals surface area contributed by atoms with Crippen LogP contribution in [0.1, 0.15) is 12.6 Å². The minimum Gasteiger partial charge on any atom is -0.379 e. The Morgan fingerprint density at radius 2 is 2.04 bits per heavy atom. The highest BCUT2D eigenvalue weighted by atomic mass is 32.1. The summed E-state index contributed by atoms with van der Waals surface area (Å²) in [6.07, 6.45) is 0. The third-order valence-corrected chi connectivity index (χ3v) is 4.75. The fourth-order valence-electron chi connectivity index (χ4n) is 2.40. The van der Waals surface area contributed by atoms with Crippen molar-refractivity contribution in [3.63, 3.8) is 0 Å². The van der Waals surface area contributed by atoms with Crippen molar-refractivity contribution < 1.29 is 4.39 Å². The number of thiophene rings is 1. The number of allylic oxidation sites excluding steroid dienone is 2. The van der Waals surface area contributed by atoms with E-state index in [1.807, 2.05) is 36.4 Å². The van der Waals surface area contributed by atoms with Crippen LogP contribution in [-0.4, -0.2) is 12.0 Å². The molecule has 114 valence electrons. The first-order valence-electron chi connectivity index (χ1n) is 7.08. The minimum atomic E-state index is -0.435. The topological polar surface area (TPSA) is 48.7 Å². The lowest BCUT2D eigenvalue weighted by atomic mass is 10.1. The molecule has 1 N–H and O–H groups in total. The highest BCUT2D eigenvalue weighted by Crippen LogP contribution is 2.33. The number of hydrogen-bond donors (Lipinski definition) is 1. The van der Waals surface area contributed by atoms with Crippen molar-refractivity contribution in [2.75, 3.05) is 7.05 Å². The Hall–Kier alpha value is -2.71. The average Bonchev–Trinajstić information content (AvgIpc) is 3.00. The number of pyridine rings is 1. The molecule has 0 unspecified atom stereocenters. The summed E-state index contributed by atoms with van der Waals surface area (Å²) >= 11 is 1.61. The fourth-order valence-corrected chi connectivity index (χ4v) is 3.43. The highest BCUT2D eigenvalue weighted by Gasteiger charge is 2.13. The first-order chi connectivity index (χ1) is 11.1. The lowest BCUT2D eigenvalue weighted by molar-refractivity contribution is 0.616. The van der Waals surface area contributed by atoms with Crippen molar-refractivity contribution >= 4 is 27.0 Å². The van der Waals surface area contributed by atoms with Crippen LogP contribution < -0.4 is 5.32 Å². The molecule has 3 rings (SSSR count). The van der Waals surface area contributed by atoms with Crippen LogP contribution >= 0.6 is 11.3 Å². The quantitative estimate of drug-likeness (QED) is 0.718. The molecule has 5 heteroatoms. The molecule has 0 atom stereocenters. The minimum absolute atomic E-state index is 0.200. The van der Waals surface area contributed by atoms with Crippen molar-refractivity contribution in [2.45, 2.75) is 6.92 Å². The molecule has 0 aliphatic carbocycles. The molecule has 0 fully saturated rings. The zero-order valence-corrected chi connectivity index (χ0v) is 13.5. The number of aromatic nitrogens is 1. The van der Waals surface area contributed by atoms with Gasteiger partial charge in [0.1, 0.15) is 23.3 Å². The zero-order chi connectivity index (χ0) is 16.4. The third-order valence-electron chi connectivity index (χ3n) is 3.62. The molecule has 23 heavy (non-hydrogen) atoms. The summed E-state index contributed by atoms with van der Waals surface area (Å²) in [4.78, 5) is 5.42. The Morgan fingerprint density at radius 1 is 1.26 bits per heavy atom. The summed E-state index contributed by atoms with van der Waals surface area (Å²) < 4.78 is 15.3. The second-order valence-corrected chi connectivity index (χ2v) is 6.12. The lowest BCUT2D eigenvalue weighted by Gasteiger charge is -2.07. The van der Waals surface area contributed by atoms with Gasteiger partial charge in [-0.25, -0.2) is 9.37 Å². The van der Waals surface area contributed by atoms with E-state index in [4.69, 9.17) is 5.26 Å². The van der Waals surface area contributed by atoms with Gasteiger partial charge in [0.05, 0.1) is 10.6 Å². The summed E-state index contributed by atoms with van der Waals surface area (Å²) in [5.41, 5.74) is 1.71. The van der Waals surface area contributed by atoms with Gasteiger partial charge in [0, 0.05) is 17.3 Å². The Labute approximate surface area is 137 Å². The molecular weight excluding hydrogens is 309 g/mol. The number of fused-ring (bicyclic) bond motifs is 1. The van der Waals surface area contributed by atoms with Crippen molar-refractivity contribution in [3.05, 3.63) is 59.7 Å². The summed E-state index contributed by atoms with van der Waals surface area (Å²) in [5, 5.41) is 13.0. The van der Waals surface area contributed by atoms with E-state index >= 15 is 0 Å². The van der Waals surface area contributed by atoms with Gasteiger partial charge < -0.3 is 5.32 Å². The zero-order valence-electron chi connectivity index (χ0n) is 12.7. The standard InChI is InChI=1S/C18H14FN3S/c1-11(15(10-20)21-2)18-13(19)7-8-14(22-18)17-9-12-5-3-4-6-16(12)23-17/h3-9,21H,1-2H3/b15-11+. The molecule has 0 radical (unpaired) electrons. The molecule has 1 aromatic carbocycles. The van der Waals surface area contributed by atoms with Gasteiger partial charge in [-0.3, -0.25) is 0 Å². The third kappa shape index (κ3) is 2.81. The fraction of sp³-hybridized carbons (Fsp3) is 0.111. The Bertz CT molecular complexity index is 917. The van der Waals surface area contributed by atoms with Crippen molar-refractivity contribution in [1.29, 1.82) is 5.26 Å². The van der Waals surface area contributed by atoms with Gasteiger partial charge in [-0.05, 0) is 36.6 Å². The predicted octanol–water partition coefficient (Wildman–Crippen LogP) is 4.58. The second-order valence-electron chi connectivity index (χ2n) is 5.04. The molecule has 0 bridgehead atoms. The molecule has 0 spiro atoms. The van der Waals surface area contributed by atoms with Gasteiger partial charge in [-0.15, -0.1) is 11.3 Å². The van der Waals surface area contributed by atoms with E-state index in [1.165, 1.54) is 6.07 Å². The molecule has 0 aliphatic heterocycles. The van der Waals surface area contributed by atoms with Crippen molar-refractivity contribution in [3.8, 4) is 16.6 Å². The average molecular weight is 323 g/mol. The molecule has 3 nitrogen and oxygen atoms in total. The molecular formula is C18H14FN3S. The molecule has 2 aromatic heterocycles. The molecule has 0 amide bonds. The van der Waals surface area contributed by atoms with Crippen LogP contribution in [0.5, 0.6) is 0 Å². The number of nitrogens with zero attached hydrogens (tertiary/aromatic N) is 2. The number of rotatable bonds is 3. The Morgan fingerprint density at radius 3 is 2.74 bits per heavy atom. The summed E-state index contributed by atoms with van der Waals surface area (Å²) in [7, 11) is 1.63. The summed E-state index contributed by atoms with van der Waals surface area (Å²) in [6.45, 7) is 1.69. The van der Waals surface area contributed by atoms with Crippen LogP contribution in [0.3, 0.4) is 0 Å². The van der Waals surface area contributed by atoms with Crippen LogP contribution in [0.4, 0.5) is 4.39 Å². The van der Waals surface area contributed by atoms with E-state index < -0.39 is 5.82 Å². The first-order valence-corrected chi connectivity index (χ1v) is 7.90. The van der Waals surface area contributed by atoms with Gasteiger partial charge >= 0.3 is 0 Å². The van der Waals surface area contributed by atoms with Crippen LogP contribution in [0.25, 0.3) is 26.2 Å². The molecule has 0 saturated heterocycles. The molecule has 0 aliphatic rings.